The molecule has 198 valence electrons. The van der Waals surface area contributed by atoms with Crippen molar-refractivity contribution >= 4 is 41.5 Å². The summed E-state index contributed by atoms with van der Waals surface area (Å²) in [4.78, 5) is 82.3. The maximum atomic E-state index is 12.9. The number of rotatable bonds is 17. The normalized spacial score (nSPS) is 14.9. The van der Waals surface area contributed by atoms with Crippen LogP contribution in [0.25, 0.3) is 0 Å². The maximum Gasteiger partial charge on any atom is 0.326 e. The Balaban J connectivity index is 5.62. The topological polar surface area (TPSA) is 274 Å². The first-order chi connectivity index (χ1) is 16.2. The number of carboxylic acids is 2. The molecule has 15 heteroatoms. The van der Waals surface area contributed by atoms with Crippen molar-refractivity contribution in [1.82, 2.24) is 16.0 Å². The fourth-order valence-corrected chi connectivity index (χ4v) is 2.85. The van der Waals surface area contributed by atoms with Gasteiger partial charge in [-0.1, -0.05) is 20.3 Å². The van der Waals surface area contributed by atoms with Gasteiger partial charge in [0.25, 0.3) is 0 Å². The molecule has 0 aliphatic rings. The molecule has 0 saturated carbocycles. The first-order valence-corrected chi connectivity index (χ1v) is 10.9. The summed E-state index contributed by atoms with van der Waals surface area (Å²) in [7, 11) is 0. The van der Waals surface area contributed by atoms with Crippen LogP contribution >= 0.6 is 0 Å². The lowest BCUT2D eigenvalue weighted by molar-refractivity contribution is -0.147. The molecule has 0 aromatic rings. The van der Waals surface area contributed by atoms with E-state index in [-0.39, 0.29) is 25.7 Å². The summed E-state index contributed by atoms with van der Waals surface area (Å²) in [5.74, 6) is -7.64. The SMILES string of the molecule is CCC(C)C(NC(=O)C(CCC(N)=O)NC(=O)C(N)CCC(N)=O)C(=O)NC(CC(=O)O)C(=O)O. The number of carbonyl (C=O) groups is 7. The molecule has 0 aromatic carbocycles. The van der Waals surface area contributed by atoms with Gasteiger partial charge in [-0.2, -0.15) is 0 Å². The van der Waals surface area contributed by atoms with Crippen LogP contribution < -0.4 is 33.2 Å². The predicted molar refractivity (Wildman–Crippen MR) is 120 cm³/mol. The third-order valence-corrected chi connectivity index (χ3v) is 5.14. The van der Waals surface area contributed by atoms with Crippen LogP contribution in [0.1, 0.15) is 52.4 Å². The van der Waals surface area contributed by atoms with Crippen molar-refractivity contribution in [2.45, 2.75) is 76.5 Å². The number of hydrogen-bond acceptors (Lipinski definition) is 8. The fraction of sp³-hybridized carbons (Fsp3) is 0.650. The molecule has 0 aliphatic heterocycles. The van der Waals surface area contributed by atoms with E-state index in [2.05, 4.69) is 16.0 Å². The number of carboxylic acid groups (broad SMARTS) is 2. The molecule has 35 heavy (non-hydrogen) atoms. The number of primary amides is 2. The molecule has 5 unspecified atom stereocenters. The summed E-state index contributed by atoms with van der Waals surface area (Å²) in [5.41, 5.74) is 15.9. The second-order valence-electron chi connectivity index (χ2n) is 8.05. The van der Waals surface area contributed by atoms with Crippen LogP contribution in [0.2, 0.25) is 0 Å². The molecule has 0 spiro atoms. The van der Waals surface area contributed by atoms with Crippen molar-refractivity contribution in [3.63, 3.8) is 0 Å². The standard InChI is InChI=1S/C20H34N6O9/c1-3-9(2)16(19(33)25-12(20(34)35)8-15(29)30)26-18(32)11(5-7-14(23)28)24-17(31)10(21)4-6-13(22)27/h9-12,16H,3-8,21H2,1-2H3,(H2,22,27)(H2,23,28)(H,24,31)(H,25,33)(H,26,32)(H,29,30)(H,34,35). The zero-order valence-electron chi connectivity index (χ0n) is 19.6. The highest BCUT2D eigenvalue weighted by molar-refractivity contribution is 5.95. The van der Waals surface area contributed by atoms with E-state index in [1.807, 2.05) is 0 Å². The fourth-order valence-electron chi connectivity index (χ4n) is 2.85. The van der Waals surface area contributed by atoms with E-state index in [0.29, 0.717) is 6.42 Å². The highest BCUT2D eigenvalue weighted by atomic mass is 16.4. The van der Waals surface area contributed by atoms with E-state index in [1.54, 1.807) is 13.8 Å². The van der Waals surface area contributed by atoms with Gasteiger partial charge in [-0.3, -0.25) is 28.8 Å². The van der Waals surface area contributed by atoms with Gasteiger partial charge in [0.1, 0.15) is 18.1 Å². The van der Waals surface area contributed by atoms with Gasteiger partial charge >= 0.3 is 11.9 Å². The van der Waals surface area contributed by atoms with Crippen molar-refractivity contribution < 1.29 is 43.8 Å². The Morgan fingerprint density at radius 2 is 1.29 bits per heavy atom. The van der Waals surface area contributed by atoms with Gasteiger partial charge in [-0.25, -0.2) is 4.79 Å². The molecule has 0 saturated heterocycles. The third-order valence-electron chi connectivity index (χ3n) is 5.14. The second-order valence-corrected chi connectivity index (χ2v) is 8.05. The lowest BCUT2D eigenvalue weighted by Crippen LogP contribution is -2.58. The van der Waals surface area contributed by atoms with Gasteiger partial charge in [0.05, 0.1) is 12.5 Å². The van der Waals surface area contributed by atoms with E-state index < -0.39 is 78.0 Å². The van der Waals surface area contributed by atoms with Gasteiger partial charge in [-0.05, 0) is 18.8 Å². The van der Waals surface area contributed by atoms with E-state index in [0.717, 1.165) is 0 Å². The second kappa shape index (κ2) is 15.2. The number of amides is 5. The molecule has 0 aromatic heterocycles. The molecular weight excluding hydrogens is 468 g/mol. The largest absolute Gasteiger partial charge is 0.481 e. The molecule has 0 radical (unpaired) electrons. The molecule has 5 atom stereocenters. The van der Waals surface area contributed by atoms with E-state index in [9.17, 15) is 38.7 Å². The van der Waals surface area contributed by atoms with Gasteiger partial charge in [0.15, 0.2) is 0 Å². The van der Waals surface area contributed by atoms with Crippen molar-refractivity contribution in [2.75, 3.05) is 0 Å². The lowest BCUT2D eigenvalue weighted by Gasteiger charge is -2.28. The molecule has 11 N–H and O–H groups in total. The Hall–Kier alpha value is -3.75. The van der Waals surface area contributed by atoms with Gasteiger partial charge < -0.3 is 43.4 Å². The van der Waals surface area contributed by atoms with Crippen molar-refractivity contribution in [3.05, 3.63) is 0 Å². The quantitative estimate of drug-likeness (QED) is 0.0991. The molecule has 0 fully saturated rings. The van der Waals surface area contributed by atoms with Crippen LogP contribution in [-0.4, -0.2) is 75.9 Å². The number of hydrogen-bond donors (Lipinski definition) is 8. The van der Waals surface area contributed by atoms with Crippen LogP contribution in [0, 0.1) is 5.92 Å². The van der Waals surface area contributed by atoms with Crippen LogP contribution in [0.15, 0.2) is 0 Å². The highest BCUT2D eigenvalue weighted by Crippen LogP contribution is 2.11. The van der Waals surface area contributed by atoms with Gasteiger partial charge in [0, 0.05) is 12.8 Å². The molecular formula is C20H34N6O9. The predicted octanol–water partition coefficient (Wildman–Crippen LogP) is -3.10. The van der Waals surface area contributed by atoms with Crippen LogP contribution in [0.5, 0.6) is 0 Å². The summed E-state index contributed by atoms with van der Waals surface area (Å²) in [6.07, 6.45) is -1.32. The highest BCUT2D eigenvalue weighted by Gasteiger charge is 2.33. The minimum Gasteiger partial charge on any atom is -0.481 e. The Morgan fingerprint density at radius 3 is 1.74 bits per heavy atom. The number of aliphatic carboxylic acids is 2. The summed E-state index contributed by atoms with van der Waals surface area (Å²) < 4.78 is 0. The van der Waals surface area contributed by atoms with Crippen molar-refractivity contribution in [1.29, 1.82) is 0 Å². The molecule has 0 aliphatic carbocycles. The first kappa shape index (κ1) is 31.2. The monoisotopic (exact) mass is 502 g/mol. The van der Waals surface area contributed by atoms with Crippen LogP contribution in [-0.2, 0) is 33.6 Å². The molecule has 0 heterocycles. The van der Waals surface area contributed by atoms with Gasteiger partial charge in [0.2, 0.25) is 29.5 Å². The lowest BCUT2D eigenvalue weighted by atomic mass is 9.97. The van der Waals surface area contributed by atoms with E-state index in [4.69, 9.17) is 22.3 Å². The Bertz CT molecular complexity index is 819. The number of nitrogens with two attached hydrogens (primary N) is 3. The average molecular weight is 503 g/mol. The Kier molecular flexibility index (Phi) is 13.6. The zero-order chi connectivity index (χ0) is 27.3. The third kappa shape index (κ3) is 12.3. The summed E-state index contributed by atoms with van der Waals surface area (Å²) >= 11 is 0. The molecule has 0 rings (SSSR count). The van der Waals surface area contributed by atoms with E-state index >= 15 is 0 Å². The van der Waals surface area contributed by atoms with Gasteiger partial charge in [-0.15, -0.1) is 0 Å². The maximum absolute atomic E-state index is 12.9. The molecule has 0 bridgehead atoms. The smallest absolute Gasteiger partial charge is 0.326 e. The van der Waals surface area contributed by atoms with Crippen molar-refractivity contribution in [3.8, 4) is 0 Å². The summed E-state index contributed by atoms with van der Waals surface area (Å²) in [6.45, 7) is 3.29. The minimum atomic E-state index is -1.74. The van der Waals surface area contributed by atoms with E-state index in [1.165, 1.54) is 0 Å². The van der Waals surface area contributed by atoms with Crippen molar-refractivity contribution in [2.24, 2.45) is 23.1 Å². The summed E-state index contributed by atoms with van der Waals surface area (Å²) in [6, 6.07) is -5.56. The summed E-state index contributed by atoms with van der Waals surface area (Å²) in [5, 5.41) is 24.9. The Morgan fingerprint density at radius 1 is 0.771 bits per heavy atom. The molecule has 5 amide bonds. The minimum absolute atomic E-state index is 0.0939. The molecule has 15 nitrogen and oxygen atoms in total. The first-order valence-electron chi connectivity index (χ1n) is 10.9. The number of nitrogens with one attached hydrogen (secondary N) is 3. The van der Waals surface area contributed by atoms with Crippen LogP contribution in [0.4, 0.5) is 0 Å². The van der Waals surface area contributed by atoms with Crippen LogP contribution in [0.3, 0.4) is 0 Å². The number of carbonyl (C=O) groups excluding carboxylic acids is 5. The zero-order valence-corrected chi connectivity index (χ0v) is 19.6. The Labute approximate surface area is 201 Å². The average Bonchev–Trinajstić information content (AvgIpc) is 2.76.